The van der Waals surface area contributed by atoms with Gasteiger partial charge >= 0.3 is 0 Å². The van der Waals surface area contributed by atoms with Crippen LogP contribution in [0.15, 0.2) is 12.4 Å². The summed E-state index contributed by atoms with van der Waals surface area (Å²) >= 11 is 0. The van der Waals surface area contributed by atoms with Crippen LogP contribution in [0.3, 0.4) is 0 Å². The molecule has 0 spiro atoms. The Bertz CT molecular complexity index is 316. The van der Waals surface area contributed by atoms with Crippen LogP contribution in [0.1, 0.15) is 20.3 Å². The largest absolute Gasteiger partial charge is 0.372 e. The lowest BCUT2D eigenvalue weighted by atomic mass is 10.4. The third-order valence-corrected chi connectivity index (χ3v) is 2.61. The van der Waals surface area contributed by atoms with Gasteiger partial charge in [0.25, 0.3) is 0 Å². The van der Waals surface area contributed by atoms with Crippen molar-refractivity contribution in [3.05, 3.63) is 12.4 Å². The number of anilines is 2. The number of nitrogens with one attached hydrogen (secondary N) is 2. The van der Waals surface area contributed by atoms with Crippen LogP contribution in [0.5, 0.6) is 0 Å². The van der Waals surface area contributed by atoms with Gasteiger partial charge in [0.15, 0.2) is 0 Å². The summed E-state index contributed by atoms with van der Waals surface area (Å²) in [5.41, 5.74) is 0. The summed E-state index contributed by atoms with van der Waals surface area (Å²) < 4.78 is 0. The van der Waals surface area contributed by atoms with Gasteiger partial charge < -0.3 is 15.5 Å². The van der Waals surface area contributed by atoms with Gasteiger partial charge in [-0.2, -0.15) is 0 Å². The van der Waals surface area contributed by atoms with E-state index in [1.807, 2.05) is 7.05 Å². The van der Waals surface area contributed by atoms with Gasteiger partial charge in [0.2, 0.25) is 0 Å². The van der Waals surface area contributed by atoms with Crippen molar-refractivity contribution in [3.8, 4) is 0 Å². The van der Waals surface area contributed by atoms with Crippen molar-refractivity contribution >= 4 is 11.6 Å². The second-order valence-corrected chi connectivity index (χ2v) is 3.90. The maximum Gasteiger partial charge on any atom is 0.147 e. The normalized spacial score (nSPS) is 10.6. The molecule has 0 unspecified atom stereocenters. The summed E-state index contributed by atoms with van der Waals surface area (Å²) in [4.78, 5) is 10.9. The average Bonchev–Trinajstić information content (AvgIpc) is 2.38. The molecule has 0 aliphatic rings. The molecule has 1 aromatic heterocycles. The fourth-order valence-electron chi connectivity index (χ4n) is 1.66. The second-order valence-electron chi connectivity index (χ2n) is 3.90. The molecule has 0 aliphatic heterocycles. The summed E-state index contributed by atoms with van der Waals surface area (Å²) in [5.74, 6) is 1.61. The molecule has 0 saturated carbocycles. The second kappa shape index (κ2) is 7.84. The Morgan fingerprint density at radius 1 is 1.18 bits per heavy atom. The van der Waals surface area contributed by atoms with Crippen LogP contribution in [0.4, 0.5) is 11.6 Å². The molecule has 1 aromatic rings. The molecule has 0 atom stereocenters. The van der Waals surface area contributed by atoms with E-state index in [2.05, 4.69) is 39.3 Å². The van der Waals surface area contributed by atoms with Gasteiger partial charge in [-0.05, 0) is 19.5 Å². The first-order chi connectivity index (χ1) is 8.30. The van der Waals surface area contributed by atoms with Crippen LogP contribution < -0.4 is 10.6 Å². The molecule has 2 N–H and O–H groups in total. The summed E-state index contributed by atoms with van der Waals surface area (Å²) in [6.45, 7) is 8.58. The molecule has 0 amide bonds. The van der Waals surface area contributed by atoms with Gasteiger partial charge in [-0.15, -0.1) is 0 Å². The van der Waals surface area contributed by atoms with Crippen LogP contribution in [0.25, 0.3) is 0 Å². The molecule has 96 valence electrons. The lowest BCUT2D eigenvalue weighted by Crippen LogP contribution is -2.29. The van der Waals surface area contributed by atoms with Gasteiger partial charge in [0.05, 0.1) is 12.4 Å². The van der Waals surface area contributed by atoms with Gasteiger partial charge in [-0.1, -0.05) is 13.8 Å². The predicted octanol–water partition coefficient (Wildman–Crippen LogP) is 1.66. The minimum absolute atomic E-state index is 0.788. The van der Waals surface area contributed by atoms with Crippen LogP contribution >= 0.6 is 0 Å². The number of likely N-dealkylation sites (N-methyl/N-ethyl adjacent to an activating group) is 1. The Morgan fingerprint density at radius 3 is 2.59 bits per heavy atom. The average molecular weight is 237 g/mol. The molecule has 1 heterocycles. The summed E-state index contributed by atoms with van der Waals surface area (Å²) in [6, 6.07) is 0. The number of hydrogen-bond donors (Lipinski definition) is 2. The Morgan fingerprint density at radius 2 is 1.94 bits per heavy atom. The number of aromatic nitrogens is 2. The van der Waals surface area contributed by atoms with Crippen molar-refractivity contribution in [2.24, 2.45) is 0 Å². The van der Waals surface area contributed by atoms with E-state index in [0.29, 0.717) is 0 Å². The zero-order valence-electron chi connectivity index (χ0n) is 11.0. The van der Waals surface area contributed by atoms with Crippen molar-refractivity contribution in [3.63, 3.8) is 0 Å². The molecule has 0 saturated heterocycles. The molecule has 0 aromatic carbocycles. The first-order valence-electron chi connectivity index (χ1n) is 6.26. The van der Waals surface area contributed by atoms with Crippen LogP contribution in [-0.2, 0) is 0 Å². The van der Waals surface area contributed by atoms with Crippen molar-refractivity contribution in [2.45, 2.75) is 20.3 Å². The van der Waals surface area contributed by atoms with Gasteiger partial charge in [0.1, 0.15) is 11.6 Å². The first-order valence-corrected chi connectivity index (χ1v) is 6.26. The first kappa shape index (κ1) is 13.7. The smallest absolute Gasteiger partial charge is 0.147 e. The lowest BCUT2D eigenvalue weighted by molar-refractivity contribution is 0.300. The zero-order valence-corrected chi connectivity index (χ0v) is 11.0. The molecular formula is C12H23N5. The highest BCUT2D eigenvalue weighted by Gasteiger charge is 2.01. The fraction of sp³-hybridized carbons (Fsp3) is 0.667. The maximum atomic E-state index is 4.36. The summed E-state index contributed by atoms with van der Waals surface area (Å²) in [7, 11) is 1.84. The van der Waals surface area contributed by atoms with Crippen molar-refractivity contribution in [2.75, 3.05) is 43.9 Å². The molecule has 5 nitrogen and oxygen atoms in total. The highest BCUT2D eigenvalue weighted by molar-refractivity contribution is 5.40. The van der Waals surface area contributed by atoms with Crippen molar-refractivity contribution < 1.29 is 0 Å². The zero-order chi connectivity index (χ0) is 12.5. The molecule has 0 bridgehead atoms. The van der Waals surface area contributed by atoms with E-state index in [4.69, 9.17) is 0 Å². The van der Waals surface area contributed by atoms with Gasteiger partial charge in [0, 0.05) is 20.1 Å². The summed E-state index contributed by atoms with van der Waals surface area (Å²) in [5, 5.41) is 6.26. The molecule has 1 rings (SSSR count). The van der Waals surface area contributed by atoms with Gasteiger partial charge in [-0.25, -0.2) is 4.98 Å². The molecule has 17 heavy (non-hydrogen) atoms. The van der Waals surface area contributed by atoms with Crippen molar-refractivity contribution in [1.82, 2.24) is 14.9 Å². The van der Waals surface area contributed by atoms with E-state index in [0.717, 1.165) is 37.8 Å². The Kier molecular flexibility index (Phi) is 6.32. The molecule has 0 aliphatic carbocycles. The van der Waals surface area contributed by atoms with E-state index in [1.165, 1.54) is 6.42 Å². The highest BCUT2D eigenvalue weighted by Crippen LogP contribution is 2.05. The SMILES string of the molecule is CCCN(CC)CCNc1cncc(NC)n1. The number of nitrogens with zero attached hydrogens (tertiary/aromatic N) is 3. The van der Waals surface area contributed by atoms with Crippen LogP contribution in [0.2, 0.25) is 0 Å². The minimum atomic E-state index is 0.788. The lowest BCUT2D eigenvalue weighted by Gasteiger charge is -2.19. The van der Waals surface area contributed by atoms with Crippen LogP contribution in [-0.4, -0.2) is 48.1 Å². The van der Waals surface area contributed by atoms with E-state index in [1.54, 1.807) is 12.4 Å². The quantitative estimate of drug-likeness (QED) is 0.720. The molecule has 5 heteroatoms. The van der Waals surface area contributed by atoms with Crippen molar-refractivity contribution in [1.29, 1.82) is 0 Å². The number of hydrogen-bond acceptors (Lipinski definition) is 5. The monoisotopic (exact) mass is 237 g/mol. The predicted molar refractivity (Wildman–Crippen MR) is 72.5 cm³/mol. The van der Waals surface area contributed by atoms with E-state index in [-0.39, 0.29) is 0 Å². The van der Waals surface area contributed by atoms with E-state index < -0.39 is 0 Å². The topological polar surface area (TPSA) is 53.1 Å². The third-order valence-electron chi connectivity index (χ3n) is 2.61. The third kappa shape index (κ3) is 4.99. The minimum Gasteiger partial charge on any atom is -0.372 e. The standard InChI is InChI=1S/C12H23N5/c1-4-7-17(5-2)8-6-15-12-10-14-9-11(13-3)16-12/h9-10H,4-8H2,1-3H3,(H2,13,15,16). The van der Waals surface area contributed by atoms with Crippen LogP contribution in [0, 0.1) is 0 Å². The molecular weight excluding hydrogens is 214 g/mol. The maximum absolute atomic E-state index is 4.36. The fourth-order valence-corrected chi connectivity index (χ4v) is 1.66. The highest BCUT2D eigenvalue weighted by atomic mass is 15.1. The Hall–Kier alpha value is -1.36. The number of rotatable bonds is 8. The van der Waals surface area contributed by atoms with E-state index >= 15 is 0 Å². The molecule has 0 fully saturated rings. The Balaban J connectivity index is 2.34. The summed E-state index contributed by atoms with van der Waals surface area (Å²) in [6.07, 6.45) is 4.65. The Labute approximate surface area is 104 Å². The van der Waals surface area contributed by atoms with E-state index in [9.17, 15) is 0 Å². The van der Waals surface area contributed by atoms with Gasteiger partial charge in [-0.3, -0.25) is 4.98 Å². The molecule has 0 radical (unpaired) electrons.